The Kier molecular flexibility index (Phi) is 9.61. The van der Waals surface area contributed by atoms with E-state index in [1.54, 1.807) is 38.1 Å². The molecule has 0 aliphatic heterocycles. The molecule has 0 saturated carbocycles. The highest BCUT2D eigenvalue weighted by molar-refractivity contribution is 7.92. The summed E-state index contributed by atoms with van der Waals surface area (Å²) < 4.78 is 39.9. The number of benzene rings is 2. The number of hydrogen-bond acceptors (Lipinski definition) is 4. The maximum atomic E-state index is 13.6. The Hall–Kier alpha value is -2.94. The molecule has 2 aromatic carbocycles. The number of anilines is 1. The van der Waals surface area contributed by atoms with E-state index in [0.29, 0.717) is 24.2 Å². The average Bonchev–Trinajstić information content (AvgIpc) is 2.78. The van der Waals surface area contributed by atoms with Crippen LogP contribution in [0.25, 0.3) is 0 Å². The molecule has 34 heavy (non-hydrogen) atoms. The van der Waals surface area contributed by atoms with E-state index >= 15 is 0 Å². The first kappa shape index (κ1) is 27.3. The van der Waals surface area contributed by atoms with Crippen LogP contribution in [0.1, 0.15) is 43.4 Å². The summed E-state index contributed by atoms with van der Waals surface area (Å²) in [6.45, 7) is 7.44. The van der Waals surface area contributed by atoms with Gasteiger partial charge in [-0.15, -0.1) is 0 Å². The van der Waals surface area contributed by atoms with Gasteiger partial charge < -0.3 is 10.2 Å². The SMILES string of the molecule is CCCNC(=O)C(CC)N(Cc1ccc(F)cc1)C(=O)CN(c1cccc(C)c1C)S(C)(=O)=O. The zero-order valence-corrected chi connectivity index (χ0v) is 21.3. The van der Waals surface area contributed by atoms with Gasteiger partial charge in [0.1, 0.15) is 18.4 Å². The zero-order valence-electron chi connectivity index (χ0n) is 20.5. The number of aryl methyl sites for hydroxylation is 1. The van der Waals surface area contributed by atoms with E-state index in [1.165, 1.54) is 17.0 Å². The van der Waals surface area contributed by atoms with E-state index in [9.17, 15) is 22.4 Å². The Bertz CT molecular complexity index is 1100. The molecule has 0 spiro atoms. The van der Waals surface area contributed by atoms with Crippen molar-refractivity contribution in [3.8, 4) is 0 Å². The van der Waals surface area contributed by atoms with Crippen LogP contribution in [0.2, 0.25) is 0 Å². The van der Waals surface area contributed by atoms with Crippen LogP contribution in [-0.4, -0.2) is 50.5 Å². The van der Waals surface area contributed by atoms with Crippen LogP contribution in [0, 0.1) is 19.7 Å². The summed E-state index contributed by atoms with van der Waals surface area (Å²) in [6, 6.07) is 10.1. The molecule has 0 aromatic heterocycles. The van der Waals surface area contributed by atoms with Gasteiger partial charge in [-0.3, -0.25) is 13.9 Å². The smallest absolute Gasteiger partial charge is 0.244 e. The van der Waals surface area contributed by atoms with Gasteiger partial charge in [-0.2, -0.15) is 0 Å². The molecular weight excluding hydrogens is 457 g/mol. The summed E-state index contributed by atoms with van der Waals surface area (Å²) in [7, 11) is -3.80. The van der Waals surface area contributed by atoms with Crippen LogP contribution in [0.4, 0.5) is 10.1 Å². The highest BCUT2D eigenvalue weighted by atomic mass is 32.2. The number of halogens is 1. The maximum Gasteiger partial charge on any atom is 0.244 e. The molecule has 1 N–H and O–H groups in total. The van der Waals surface area contributed by atoms with Gasteiger partial charge in [0.15, 0.2) is 0 Å². The Balaban J connectivity index is 2.46. The molecule has 0 fully saturated rings. The molecule has 0 saturated heterocycles. The third-order valence-corrected chi connectivity index (χ3v) is 6.85. The van der Waals surface area contributed by atoms with Crippen LogP contribution < -0.4 is 9.62 Å². The van der Waals surface area contributed by atoms with Crippen molar-refractivity contribution in [2.45, 2.75) is 53.1 Å². The monoisotopic (exact) mass is 491 g/mol. The molecule has 1 unspecified atom stereocenters. The summed E-state index contributed by atoms with van der Waals surface area (Å²) >= 11 is 0. The van der Waals surface area contributed by atoms with E-state index < -0.39 is 34.3 Å². The molecule has 2 amide bonds. The van der Waals surface area contributed by atoms with Crippen molar-refractivity contribution in [3.05, 3.63) is 65.0 Å². The Labute approximate surface area is 202 Å². The second-order valence-corrected chi connectivity index (χ2v) is 10.3. The number of sulfonamides is 1. The minimum absolute atomic E-state index is 0.0432. The van der Waals surface area contributed by atoms with Gasteiger partial charge in [0.25, 0.3) is 0 Å². The van der Waals surface area contributed by atoms with E-state index in [1.807, 2.05) is 19.9 Å². The van der Waals surface area contributed by atoms with Gasteiger partial charge in [-0.25, -0.2) is 12.8 Å². The van der Waals surface area contributed by atoms with Gasteiger partial charge >= 0.3 is 0 Å². The van der Waals surface area contributed by atoms with Crippen LogP contribution in [-0.2, 0) is 26.2 Å². The van der Waals surface area contributed by atoms with Crippen molar-refractivity contribution in [1.29, 1.82) is 0 Å². The zero-order chi connectivity index (χ0) is 25.5. The van der Waals surface area contributed by atoms with E-state index in [2.05, 4.69) is 5.32 Å². The Morgan fingerprint density at radius 1 is 1.06 bits per heavy atom. The molecule has 7 nitrogen and oxygen atoms in total. The summed E-state index contributed by atoms with van der Waals surface area (Å²) in [5.74, 6) is -1.24. The third kappa shape index (κ3) is 7.03. The lowest BCUT2D eigenvalue weighted by Gasteiger charge is -2.33. The molecule has 9 heteroatoms. The fraction of sp³-hybridized carbons (Fsp3) is 0.440. The van der Waals surface area contributed by atoms with E-state index in [-0.39, 0.29) is 12.5 Å². The van der Waals surface area contributed by atoms with Crippen molar-refractivity contribution < 1.29 is 22.4 Å². The highest BCUT2D eigenvalue weighted by Gasteiger charge is 2.32. The van der Waals surface area contributed by atoms with Crippen LogP contribution in [0.15, 0.2) is 42.5 Å². The standard InChI is InChI=1S/C25H34FN3O4S/c1-6-15-27-25(31)22(7-2)28(16-20-11-13-21(26)14-12-20)24(30)17-29(34(5,32)33)23-10-8-9-18(3)19(23)4/h8-14,22H,6-7,15-17H2,1-5H3,(H,27,31). The fourth-order valence-corrected chi connectivity index (χ4v) is 4.57. The van der Waals surface area contributed by atoms with E-state index in [4.69, 9.17) is 0 Å². The van der Waals surface area contributed by atoms with Crippen molar-refractivity contribution in [2.75, 3.05) is 23.7 Å². The highest BCUT2D eigenvalue weighted by Crippen LogP contribution is 2.25. The first-order valence-corrected chi connectivity index (χ1v) is 13.2. The van der Waals surface area contributed by atoms with Gasteiger partial charge in [0.05, 0.1) is 11.9 Å². The third-order valence-electron chi connectivity index (χ3n) is 5.73. The van der Waals surface area contributed by atoms with Crippen molar-refractivity contribution >= 4 is 27.5 Å². The van der Waals surface area contributed by atoms with Crippen LogP contribution in [0.5, 0.6) is 0 Å². The Morgan fingerprint density at radius 2 is 1.71 bits per heavy atom. The molecular formula is C25H34FN3O4S. The number of hydrogen-bond donors (Lipinski definition) is 1. The van der Waals surface area contributed by atoms with Crippen molar-refractivity contribution in [2.24, 2.45) is 0 Å². The largest absolute Gasteiger partial charge is 0.354 e. The number of amides is 2. The van der Waals surface area contributed by atoms with Gasteiger partial charge in [-0.1, -0.05) is 38.1 Å². The summed E-state index contributed by atoms with van der Waals surface area (Å²) in [5.41, 5.74) is 2.70. The molecule has 0 radical (unpaired) electrons. The second kappa shape index (κ2) is 12.0. The lowest BCUT2D eigenvalue weighted by Crippen LogP contribution is -2.52. The minimum Gasteiger partial charge on any atom is -0.354 e. The second-order valence-electron chi connectivity index (χ2n) is 8.35. The van der Waals surface area contributed by atoms with Crippen LogP contribution >= 0.6 is 0 Å². The minimum atomic E-state index is -3.80. The number of nitrogens with one attached hydrogen (secondary N) is 1. The molecule has 0 aliphatic rings. The average molecular weight is 492 g/mol. The molecule has 0 heterocycles. The van der Waals surface area contributed by atoms with Crippen molar-refractivity contribution in [1.82, 2.24) is 10.2 Å². The van der Waals surface area contributed by atoms with Gasteiger partial charge in [-0.05, 0) is 61.6 Å². The molecule has 2 aromatic rings. The number of nitrogens with zero attached hydrogens (tertiary/aromatic N) is 2. The van der Waals surface area contributed by atoms with Crippen molar-refractivity contribution in [3.63, 3.8) is 0 Å². The number of carbonyl (C=O) groups excluding carboxylic acids is 2. The first-order valence-electron chi connectivity index (χ1n) is 11.3. The predicted molar refractivity (Wildman–Crippen MR) is 132 cm³/mol. The summed E-state index contributed by atoms with van der Waals surface area (Å²) in [4.78, 5) is 27.8. The topological polar surface area (TPSA) is 86.8 Å². The molecule has 2 rings (SSSR count). The van der Waals surface area contributed by atoms with E-state index in [0.717, 1.165) is 28.1 Å². The number of rotatable bonds is 11. The number of carbonyl (C=O) groups is 2. The molecule has 186 valence electrons. The molecule has 0 aliphatic carbocycles. The quantitative estimate of drug-likeness (QED) is 0.521. The molecule has 0 bridgehead atoms. The van der Waals surface area contributed by atoms with Gasteiger partial charge in [0.2, 0.25) is 21.8 Å². The lowest BCUT2D eigenvalue weighted by atomic mass is 10.1. The predicted octanol–water partition coefficient (Wildman–Crippen LogP) is 3.54. The van der Waals surface area contributed by atoms with Gasteiger partial charge in [0, 0.05) is 13.1 Å². The normalized spacial score (nSPS) is 12.2. The van der Waals surface area contributed by atoms with Crippen LogP contribution in [0.3, 0.4) is 0 Å². The maximum absolute atomic E-state index is 13.6. The Morgan fingerprint density at radius 3 is 2.26 bits per heavy atom. The summed E-state index contributed by atoms with van der Waals surface area (Å²) in [6.07, 6.45) is 2.13. The summed E-state index contributed by atoms with van der Waals surface area (Å²) in [5, 5.41) is 2.82. The fourth-order valence-electron chi connectivity index (χ4n) is 3.67. The lowest BCUT2D eigenvalue weighted by molar-refractivity contribution is -0.140. The molecule has 1 atom stereocenters. The first-order chi connectivity index (χ1) is 16.0.